The number of phenols is 1. The fraction of sp³-hybridized carbons (Fsp3) is 0.250. The van der Waals surface area contributed by atoms with Crippen LogP contribution in [0.5, 0.6) is 5.75 Å². The minimum absolute atomic E-state index is 0.111. The fourth-order valence-corrected chi connectivity index (χ4v) is 8.42. The third kappa shape index (κ3) is 6.51. The summed E-state index contributed by atoms with van der Waals surface area (Å²) < 4.78 is 36.5. The van der Waals surface area contributed by atoms with Crippen molar-refractivity contribution in [2.45, 2.75) is 26.8 Å². The Morgan fingerprint density at radius 3 is 2.35 bits per heavy atom. The first-order valence-electron chi connectivity index (χ1n) is 13.1. The van der Waals surface area contributed by atoms with Gasteiger partial charge in [-0.3, -0.25) is 0 Å². The van der Waals surface area contributed by atoms with Crippen molar-refractivity contribution in [3.63, 3.8) is 0 Å². The van der Waals surface area contributed by atoms with Crippen LogP contribution in [-0.4, -0.2) is 56.3 Å². The van der Waals surface area contributed by atoms with Crippen LogP contribution in [0.15, 0.2) is 48.3 Å². The first kappa shape index (κ1) is 31.6. The molecule has 226 valence electrons. The molecular weight excluding hydrogens is 706 g/mol. The van der Waals surface area contributed by atoms with Crippen molar-refractivity contribution in [1.82, 2.24) is 0 Å². The molecule has 5 rings (SSSR count). The predicted molar refractivity (Wildman–Crippen MR) is 171 cm³/mol. The average molecular weight is 732 g/mol. The molecule has 0 aliphatic carbocycles. The van der Waals surface area contributed by atoms with Crippen LogP contribution < -0.4 is 14.4 Å². The number of phenolic OH excluding ortho intramolecular Hbond substituents is 1. The summed E-state index contributed by atoms with van der Waals surface area (Å²) in [5.41, 5.74) is 3.63. The van der Waals surface area contributed by atoms with E-state index in [1.165, 1.54) is 12.1 Å². The molecular formula is C28H26Cl3N4O6SSe+. The molecule has 0 bridgehead atoms. The van der Waals surface area contributed by atoms with Gasteiger partial charge in [-0.2, -0.15) is 0 Å². The van der Waals surface area contributed by atoms with Crippen LogP contribution in [0.4, 0.5) is 17.1 Å². The van der Waals surface area contributed by atoms with Crippen LogP contribution in [-0.2, 0) is 16.7 Å². The molecule has 0 fully saturated rings. The van der Waals surface area contributed by atoms with Crippen LogP contribution in [0.2, 0.25) is 15.1 Å². The Bertz CT molecular complexity index is 1910. The number of aryl methyl sites for hydroxylation is 1. The zero-order valence-electron chi connectivity index (χ0n) is 22.9. The van der Waals surface area contributed by atoms with Gasteiger partial charge in [-0.25, -0.2) is 0 Å². The van der Waals surface area contributed by atoms with E-state index in [0.29, 0.717) is 22.2 Å². The molecule has 15 heteroatoms. The maximum absolute atomic E-state index is 11.6. The predicted octanol–water partition coefficient (Wildman–Crippen LogP) is 6.04. The number of nitro groups is 1. The molecule has 2 heterocycles. The fourth-order valence-electron chi connectivity index (χ4n) is 5.12. The van der Waals surface area contributed by atoms with Crippen molar-refractivity contribution in [3.05, 3.63) is 89.2 Å². The maximum atomic E-state index is 11.6. The summed E-state index contributed by atoms with van der Waals surface area (Å²) in [7, 11) is -4.16. The summed E-state index contributed by atoms with van der Waals surface area (Å²) in [4.78, 5) is 14.9. The molecule has 0 amide bonds. The zero-order chi connectivity index (χ0) is 31.2. The topological polar surface area (TPSA) is 128 Å². The van der Waals surface area contributed by atoms with Gasteiger partial charge < -0.3 is 0 Å². The Kier molecular flexibility index (Phi) is 9.02. The zero-order valence-corrected chi connectivity index (χ0v) is 27.7. The van der Waals surface area contributed by atoms with Crippen LogP contribution in [0, 0.1) is 17.0 Å². The molecule has 1 aromatic heterocycles. The summed E-state index contributed by atoms with van der Waals surface area (Å²) in [6.45, 7) is 5.06. The first-order valence-corrected chi connectivity index (χ1v) is 17.5. The molecule has 0 unspecified atom stereocenters. The number of nitro benzene ring substituents is 1. The number of benzene rings is 3. The number of halogens is 3. The molecule has 0 saturated heterocycles. The van der Waals surface area contributed by atoms with Crippen molar-refractivity contribution >= 4 is 92.3 Å². The Balaban J connectivity index is 1.68. The third-order valence-corrected chi connectivity index (χ3v) is 11.2. The summed E-state index contributed by atoms with van der Waals surface area (Å²) in [5, 5.41) is 22.3. The van der Waals surface area contributed by atoms with Gasteiger partial charge in [-0.15, -0.1) is 0 Å². The van der Waals surface area contributed by atoms with Gasteiger partial charge in [0.1, 0.15) is 0 Å². The molecule has 1 aliphatic heterocycles. The monoisotopic (exact) mass is 731 g/mol. The number of hydrogen-bond donors (Lipinski definition) is 2. The van der Waals surface area contributed by atoms with E-state index in [1.54, 1.807) is 12.1 Å². The SMILES string of the molecule is CCN1C(=Cc2[se]c3ccc(C)cc3[n+]2Cc2cc(Cl)c(O)c([N+](=O)[O-])c2)N(CCCS(=O)(=O)O)c2cc(Cl)c(Cl)cc21. The normalized spacial score (nSPS) is 14.2. The van der Waals surface area contributed by atoms with E-state index in [4.69, 9.17) is 34.8 Å². The summed E-state index contributed by atoms with van der Waals surface area (Å²) in [6.07, 6.45) is 2.19. The second-order valence-corrected chi connectivity index (χ2v) is 15.0. The van der Waals surface area contributed by atoms with Gasteiger partial charge in [0, 0.05) is 0 Å². The molecule has 43 heavy (non-hydrogen) atoms. The molecule has 3 aromatic carbocycles. The van der Waals surface area contributed by atoms with Gasteiger partial charge in [0.15, 0.2) is 0 Å². The average Bonchev–Trinajstić information content (AvgIpc) is 3.39. The van der Waals surface area contributed by atoms with Gasteiger partial charge in [-0.05, 0) is 0 Å². The van der Waals surface area contributed by atoms with E-state index in [9.17, 15) is 28.2 Å². The number of nitrogens with zero attached hydrogens (tertiary/aromatic N) is 4. The summed E-state index contributed by atoms with van der Waals surface area (Å²) >= 11 is 18.8. The Hall–Kier alpha value is -2.83. The van der Waals surface area contributed by atoms with Crippen molar-refractivity contribution in [3.8, 4) is 5.75 Å². The van der Waals surface area contributed by atoms with Gasteiger partial charge in [0.25, 0.3) is 0 Å². The quantitative estimate of drug-likeness (QED) is 0.0702. The van der Waals surface area contributed by atoms with Crippen LogP contribution >= 0.6 is 34.8 Å². The van der Waals surface area contributed by atoms with E-state index in [0.717, 1.165) is 37.1 Å². The van der Waals surface area contributed by atoms with E-state index in [2.05, 4.69) is 21.6 Å². The molecule has 0 saturated carbocycles. The standard InChI is InChI=1S/C28H25Cl3N4O6SSe/c1-3-32-21-12-18(29)19(30)13-22(21)33(7-4-8-42(39,40)41)26(32)14-27-34(23-9-16(2)5-6-25(23)43-27)15-17-10-20(31)28(36)24(11-17)35(37)38/h5-6,9-14H,3-4,7-8,15H2,1-2H3,(H-,36,39,40,41)/p+1. The summed E-state index contributed by atoms with van der Waals surface area (Å²) in [5.74, 6) is -0.215. The molecule has 0 spiro atoms. The van der Waals surface area contributed by atoms with Crippen molar-refractivity contribution in [2.75, 3.05) is 28.6 Å². The van der Waals surface area contributed by atoms with Gasteiger partial charge in [0.2, 0.25) is 0 Å². The van der Waals surface area contributed by atoms with E-state index >= 15 is 0 Å². The number of aromatic hydroxyl groups is 1. The van der Waals surface area contributed by atoms with E-state index in [-0.39, 0.29) is 39.0 Å². The number of rotatable bonds is 9. The first-order chi connectivity index (χ1) is 20.3. The van der Waals surface area contributed by atoms with Gasteiger partial charge in [-0.1, -0.05) is 0 Å². The number of anilines is 2. The summed E-state index contributed by atoms with van der Waals surface area (Å²) in [6, 6.07) is 12.5. The molecule has 10 nitrogen and oxygen atoms in total. The van der Waals surface area contributed by atoms with Crippen LogP contribution in [0.25, 0.3) is 15.9 Å². The molecule has 1 aliphatic rings. The van der Waals surface area contributed by atoms with E-state index < -0.39 is 32.2 Å². The third-order valence-electron chi connectivity index (χ3n) is 7.03. The minimum atomic E-state index is -4.16. The van der Waals surface area contributed by atoms with Gasteiger partial charge in [0.05, 0.1) is 0 Å². The second kappa shape index (κ2) is 12.3. The van der Waals surface area contributed by atoms with E-state index in [1.807, 2.05) is 30.9 Å². The Morgan fingerprint density at radius 1 is 1.05 bits per heavy atom. The van der Waals surface area contributed by atoms with Crippen LogP contribution in [0.3, 0.4) is 0 Å². The Morgan fingerprint density at radius 2 is 1.72 bits per heavy atom. The van der Waals surface area contributed by atoms with Crippen LogP contribution in [0.1, 0.15) is 29.0 Å². The molecule has 2 N–H and O–H groups in total. The van der Waals surface area contributed by atoms with Gasteiger partial charge >= 0.3 is 270 Å². The number of hydrogen-bond acceptors (Lipinski definition) is 7. The van der Waals surface area contributed by atoms with Crippen molar-refractivity contribution in [2.24, 2.45) is 0 Å². The van der Waals surface area contributed by atoms with Crippen molar-refractivity contribution in [1.29, 1.82) is 0 Å². The number of fused-ring (bicyclic) bond motifs is 2. The Labute approximate surface area is 269 Å². The molecule has 0 atom stereocenters. The van der Waals surface area contributed by atoms with Crippen molar-refractivity contribution < 1.29 is 27.6 Å². The molecule has 4 aromatic rings. The second-order valence-electron chi connectivity index (χ2n) is 9.99. The molecule has 0 radical (unpaired) electrons. The number of aromatic nitrogens is 1.